The molecule has 19 heavy (non-hydrogen) atoms. The molecule has 5 nitrogen and oxygen atoms in total. The van der Waals surface area contributed by atoms with Gasteiger partial charge in [0, 0.05) is 19.5 Å². The van der Waals surface area contributed by atoms with E-state index in [9.17, 15) is 9.18 Å². The van der Waals surface area contributed by atoms with Gasteiger partial charge in [-0.25, -0.2) is 19.2 Å². The summed E-state index contributed by atoms with van der Waals surface area (Å²) >= 11 is 0. The lowest BCUT2D eigenvalue weighted by Gasteiger charge is -2.05. The Hall–Kier alpha value is -2.50. The third kappa shape index (κ3) is 3.25. The van der Waals surface area contributed by atoms with Crippen LogP contribution in [-0.4, -0.2) is 28.1 Å². The number of rotatable bonds is 4. The van der Waals surface area contributed by atoms with Crippen molar-refractivity contribution in [3.05, 3.63) is 53.2 Å². The third-order valence-electron chi connectivity index (χ3n) is 2.52. The molecule has 98 valence electrons. The van der Waals surface area contributed by atoms with Crippen LogP contribution in [0.1, 0.15) is 21.9 Å². The number of halogens is 1. The number of carbonyl (C=O) groups is 1. The summed E-state index contributed by atoms with van der Waals surface area (Å²) in [4.78, 5) is 19.1. The molecule has 1 aromatic heterocycles. The van der Waals surface area contributed by atoms with Gasteiger partial charge >= 0.3 is 5.97 Å². The average Bonchev–Trinajstić information content (AvgIpc) is 2.41. The highest BCUT2D eigenvalue weighted by atomic mass is 19.1. The van der Waals surface area contributed by atoms with Gasteiger partial charge in [0.1, 0.15) is 17.5 Å². The molecule has 2 N–H and O–H groups in total. The van der Waals surface area contributed by atoms with Crippen LogP contribution in [0.25, 0.3) is 0 Å². The predicted octanol–water partition coefficient (Wildman–Crippen LogP) is 1.95. The summed E-state index contributed by atoms with van der Waals surface area (Å²) in [6.45, 7) is 0. The summed E-state index contributed by atoms with van der Waals surface area (Å²) in [7, 11) is 1.65. The van der Waals surface area contributed by atoms with Gasteiger partial charge in [-0.05, 0) is 17.7 Å². The molecule has 0 bridgehead atoms. The van der Waals surface area contributed by atoms with E-state index in [0.29, 0.717) is 18.1 Å². The first kappa shape index (κ1) is 12.9. The van der Waals surface area contributed by atoms with Crippen molar-refractivity contribution in [3.8, 4) is 0 Å². The molecule has 0 radical (unpaired) electrons. The van der Waals surface area contributed by atoms with E-state index in [2.05, 4.69) is 15.3 Å². The fraction of sp³-hybridized carbons (Fsp3) is 0.154. The van der Waals surface area contributed by atoms with Crippen molar-refractivity contribution >= 4 is 11.8 Å². The number of aromatic carboxylic acids is 1. The number of carboxylic acids is 1. The van der Waals surface area contributed by atoms with Crippen molar-refractivity contribution in [1.82, 2.24) is 9.97 Å². The first-order valence-electron chi connectivity index (χ1n) is 5.62. The summed E-state index contributed by atoms with van der Waals surface area (Å²) in [6, 6.07) is 7.28. The fourth-order valence-electron chi connectivity index (χ4n) is 1.60. The number of carboxylic acid groups (broad SMARTS) is 1. The Kier molecular flexibility index (Phi) is 3.70. The quantitative estimate of drug-likeness (QED) is 0.879. The second kappa shape index (κ2) is 5.43. The van der Waals surface area contributed by atoms with Crippen LogP contribution in [0, 0.1) is 5.82 Å². The number of benzene rings is 1. The minimum atomic E-state index is -1.11. The van der Waals surface area contributed by atoms with Crippen molar-refractivity contribution in [2.45, 2.75) is 6.42 Å². The van der Waals surface area contributed by atoms with E-state index in [0.717, 1.165) is 5.56 Å². The monoisotopic (exact) mass is 261 g/mol. The van der Waals surface area contributed by atoms with E-state index in [4.69, 9.17) is 5.11 Å². The van der Waals surface area contributed by atoms with E-state index in [1.54, 1.807) is 19.2 Å². The van der Waals surface area contributed by atoms with Crippen LogP contribution < -0.4 is 5.32 Å². The van der Waals surface area contributed by atoms with E-state index < -0.39 is 5.97 Å². The maximum Gasteiger partial charge on any atom is 0.354 e. The Morgan fingerprint density at radius 1 is 1.32 bits per heavy atom. The highest BCUT2D eigenvalue weighted by Gasteiger charge is 2.10. The molecule has 0 aliphatic carbocycles. The number of anilines is 1. The SMILES string of the molecule is CNc1cc(C(=O)O)nc(Cc2ccc(F)cc2)n1. The Labute approximate surface area is 109 Å². The van der Waals surface area contributed by atoms with Gasteiger partial charge in [-0.3, -0.25) is 0 Å². The van der Waals surface area contributed by atoms with Crippen molar-refractivity contribution in [1.29, 1.82) is 0 Å². The van der Waals surface area contributed by atoms with Gasteiger partial charge in [0.05, 0.1) is 0 Å². The molecular weight excluding hydrogens is 249 g/mol. The molecule has 0 spiro atoms. The summed E-state index contributed by atoms with van der Waals surface area (Å²) in [6.07, 6.45) is 0.343. The first-order valence-corrected chi connectivity index (χ1v) is 5.62. The predicted molar refractivity (Wildman–Crippen MR) is 67.7 cm³/mol. The van der Waals surface area contributed by atoms with Crippen LogP contribution in [-0.2, 0) is 6.42 Å². The Morgan fingerprint density at radius 2 is 2.00 bits per heavy atom. The van der Waals surface area contributed by atoms with Crippen LogP contribution in [0.3, 0.4) is 0 Å². The van der Waals surface area contributed by atoms with Crippen molar-refractivity contribution in [2.75, 3.05) is 12.4 Å². The number of aromatic nitrogens is 2. The molecule has 0 aliphatic rings. The fourth-order valence-corrected chi connectivity index (χ4v) is 1.60. The summed E-state index contributed by atoms with van der Waals surface area (Å²) in [5.74, 6) is -0.625. The highest BCUT2D eigenvalue weighted by Crippen LogP contribution is 2.11. The zero-order valence-electron chi connectivity index (χ0n) is 10.2. The second-order valence-corrected chi connectivity index (χ2v) is 3.91. The zero-order chi connectivity index (χ0) is 13.8. The molecule has 0 saturated heterocycles. The Bertz CT molecular complexity index is 599. The first-order chi connectivity index (χ1) is 9.08. The van der Waals surface area contributed by atoms with Gasteiger partial charge in [0.2, 0.25) is 0 Å². The Balaban J connectivity index is 2.31. The topological polar surface area (TPSA) is 75.1 Å². The van der Waals surface area contributed by atoms with Crippen molar-refractivity contribution in [3.63, 3.8) is 0 Å². The molecule has 1 heterocycles. The lowest BCUT2D eigenvalue weighted by molar-refractivity contribution is 0.0690. The zero-order valence-corrected chi connectivity index (χ0v) is 10.2. The summed E-state index contributed by atoms with van der Waals surface area (Å²) < 4.78 is 12.8. The Morgan fingerprint density at radius 3 is 2.58 bits per heavy atom. The molecule has 2 rings (SSSR count). The highest BCUT2D eigenvalue weighted by molar-refractivity contribution is 5.86. The lowest BCUT2D eigenvalue weighted by Crippen LogP contribution is -2.08. The van der Waals surface area contributed by atoms with Gasteiger partial charge < -0.3 is 10.4 Å². The molecule has 0 saturated carbocycles. The van der Waals surface area contributed by atoms with Gasteiger partial charge in [-0.15, -0.1) is 0 Å². The largest absolute Gasteiger partial charge is 0.477 e. The minimum Gasteiger partial charge on any atom is -0.477 e. The minimum absolute atomic E-state index is 0.0727. The van der Waals surface area contributed by atoms with E-state index in [1.807, 2.05) is 0 Å². The second-order valence-electron chi connectivity index (χ2n) is 3.91. The smallest absolute Gasteiger partial charge is 0.354 e. The molecule has 0 unspecified atom stereocenters. The standard InChI is InChI=1S/C13H12FN3O2/c1-15-11-7-10(13(18)19)16-12(17-11)6-8-2-4-9(14)5-3-8/h2-5,7H,6H2,1H3,(H,18,19)(H,15,16,17). The lowest BCUT2D eigenvalue weighted by atomic mass is 10.1. The average molecular weight is 261 g/mol. The number of nitrogens with zero attached hydrogens (tertiary/aromatic N) is 2. The van der Waals surface area contributed by atoms with Crippen LogP contribution in [0.4, 0.5) is 10.2 Å². The van der Waals surface area contributed by atoms with E-state index >= 15 is 0 Å². The molecule has 6 heteroatoms. The van der Waals surface area contributed by atoms with Gasteiger partial charge in [-0.1, -0.05) is 12.1 Å². The van der Waals surface area contributed by atoms with Crippen LogP contribution in [0.15, 0.2) is 30.3 Å². The summed E-state index contributed by atoms with van der Waals surface area (Å²) in [5.41, 5.74) is 0.738. The van der Waals surface area contributed by atoms with E-state index in [-0.39, 0.29) is 11.5 Å². The number of hydrogen-bond acceptors (Lipinski definition) is 4. The molecule has 1 aromatic carbocycles. The van der Waals surface area contributed by atoms with Crippen molar-refractivity contribution < 1.29 is 14.3 Å². The third-order valence-corrected chi connectivity index (χ3v) is 2.52. The van der Waals surface area contributed by atoms with Crippen molar-refractivity contribution in [2.24, 2.45) is 0 Å². The maximum atomic E-state index is 12.8. The molecule has 0 aliphatic heterocycles. The van der Waals surface area contributed by atoms with Gasteiger partial charge in [0.15, 0.2) is 5.69 Å². The normalized spacial score (nSPS) is 10.2. The van der Waals surface area contributed by atoms with E-state index in [1.165, 1.54) is 18.2 Å². The molecule has 2 aromatic rings. The van der Waals surface area contributed by atoms with Gasteiger partial charge in [0.25, 0.3) is 0 Å². The van der Waals surface area contributed by atoms with Gasteiger partial charge in [-0.2, -0.15) is 0 Å². The van der Waals surface area contributed by atoms with Crippen LogP contribution in [0.5, 0.6) is 0 Å². The van der Waals surface area contributed by atoms with Crippen LogP contribution >= 0.6 is 0 Å². The maximum absolute atomic E-state index is 12.8. The number of hydrogen-bond donors (Lipinski definition) is 2. The summed E-state index contributed by atoms with van der Waals surface area (Å²) in [5, 5.41) is 11.7. The number of nitrogens with one attached hydrogen (secondary N) is 1. The molecule has 0 fully saturated rings. The molecular formula is C13H12FN3O2. The molecule has 0 amide bonds. The molecule has 0 atom stereocenters. The van der Waals surface area contributed by atoms with Crippen LogP contribution in [0.2, 0.25) is 0 Å².